The van der Waals surface area contributed by atoms with Crippen LogP contribution >= 0.6 is 0 Å². The van der Waals surface area contributed by atoms with Gasteiger partial charge >= 0.3 is 0 Å². The van der Waals surface area contributed by atoms with Crippen LogP contribution in [0.2, 0.25) is 0 Å². The Balaban J connectivity index is 1.46. The van der Waals surface area contributed by atoms with Gasteiger partial charge in [-0.2, -0.15) is 0 Å². The SMILES string of the molecule is COC1CCCN1c1ccc2c(=O)c(C(=O)NCCN3CCCC3)c3n(C)c4cc5ccccc5cc4n3c2n1. The van der Waals surface area contributed by atoms with Crippen molar-refractivity contribution in [2.24, 2.45) is 7.05 Å². The summed E-state index contributed by atoms with van der Waals surface area (Å²) >= 11 is 0. The minimum absolute atomic E-state index is 0.0470. The highest BCUT2D eigenvalue weighted by Crippen LogP contribution is 2.31. The first-order valence-electron chi connectivity index (χ1n) is 14.2. The van der Waals surface area contributed by atoms with E-state index >= 15 is 0 Å². The first-order valence-corrected chi connectivity index (χ1v) is 14.2. The van der Waals surface area contributed by atoms with Crippen LogP contribution in [0.3, 0.4) is 0 Å². The molecule has 0 bridgehead atoms. The summed E-state index contributed by atoms with van der Waals surface area (Å²) in [6.45, 7) is 4.24. The summed E-state index contributed by atoms with van der Waals surface area (Å²) in [5.41, 5.74) is 2.79. The maximum absolute atomic E-state index is 14.0. The highest BCUT2D eigenvalue weighted by Gasteiger charge is 2.28. The van der Waals surface area contributed by atoms with Gasteiger partial charge in [-0.25, -0.2) is 4.98 Å². The average Bonchev–Trinajstić information content (AvgIpc) is 3.73. The predicted octanol–water partition coefficient (Wildman–Crippen LogP) is 3.89. The Morgan fingerprint density at radius 3 is 2.52 bits per heavy atom. The minimum atomic E-state index is -0.345. The number of fused-ring (bicyclic) bond motifs is 6. The molecule has 206 valence electrons. The van der Waals surface area contributed by atoms with E-state index in [1.807, 2.05) is 40.3 Å². The van der Waals surface area contributed by atoms with Gasteiger partial charge in [0.1, 0.15) is 23.3 Å². The van der Waals surface area contributed by atoms with Gasteiger partial charge < -0.3 is 24.4 Å². The number of hydrogen-bond donors (Lipinski definition) is 1. The van der Waals surface area contributed by atoms with E-state index in [0.717, 1.165) is 66.6 Å². The topological polar surface area (TPSA) is 84.1 Å². The van der Waals surface area contributed by atoms with Gasteiger partial charge in [0.2, 0.25) is 5.43 Å². The van der Waals surface area contributed by atoms with Crippen LogP contribution in [0, 0.1) is 0 Å². The number of aromatic nitrogens is 3. The van der Waals surface area contributed by atoms with E-state index < -0.39 is 0 Å². The third-order valence-electron chi connectivity index (χ3n) is 8.65. The van der Waals surface area contributed by atoms with Crippen LogP contribution in [0.5, 0.6) is 0 Å². The first kappa shape index (κ1) is 25.0. The van der Waals surface area contributed by atoms with E-state index in [2.05, 4.69) is 39.4 Å². The van der Waals surface area contributed by atoms with Gasteiger partial charge in [0.25, 0.3) is 5.91 Å². The van der Waals surface area contributed by atoms with Gasteiger partial charge in [-0.15, -0.1) is 0 Å². The molecule has 9 heteroatoms. The number of nitrogens with one attached hydrogen (secondary N) is 1. The molecule has 1 unspecified atom stereocenters. The Kier molecular flexibility index (Phi) is 6.20. The highest BCUT2D eigenvalue weighted by molar-refractivity contribution is 6.07. The van der Waals surface area contributed by atoms with Crippen molar-refractivity contribution in [1.82, 2.24) is 24.2 Å². The summed E-state index contributed by atoms with van der Waals surface area (Å²) in [4.78, 5) is 37.3. The number of hydrogen-bond acceptors (Lipinski definition) is 6. The van der Waals surface area contributed by atoms with E-state index in [1.54, 1.807) is 7.11 Å². The Morgan fingerprint density at radius 1 is 1.02 bits per heavy atom. The maximum atomic E-state index is 14.0. The van der Waals surface area contributed by atoms with E-state index in [-0.39, 0.29) is 23.1 Å². The first-order chi connectivity index (χ1) is 19.5. The van der Waals surface area contributed by atoms with Crippen molar-refractivity contribution in [3.05, 3.63) is 64.3 Å². The quantitative estimate of drug-likeness (QED) is 0.353. The number of benzene rings is 2. The number of anilines is 1. The van der Waals surface area contributed by atoms with Crippen LogP contribution in [0.4, 0.5) is 5.82 Å². The lowest BCUT2D eigenvalue weighted by Crippen LogP contribution is -2.36. The van der Waals surface area contributed by atoms with Crippen molar-refractivity contribution < 1.29 is 9.53 Å². The van der Waals surface area contributed by atoms with Crippen LogP contribution in [0.1, 0.15) is 36.0 Å². The van der Waals surface area contributed by atoms with Crippen molar-refractivity contribution in [3.63, 3.8) is 0 Å². The third kappa shape index (κ3) is 3.95. The number of aryl methyl sites for hydroxylation is 1. The molecule has 1 N–H and O–H groups in total. The predicted molar refractivity (Wildman–Crippen MR) is 158 cm³/mol. The van der Waals surface area contributed by atoms with Crippen molar-refractivity contribution in [1.29, 1.82) is 0 Å². The van der Waals surface area contributed by atoms with Gasteiger partial charge in [0.15, 0.2) is 5.65 Å². The summed E-state index contributed by atoms with van der Waals surface area (Å²) in [6.07, 6.45) is 4.30. The van der Waals surface area contributed by atoms with E-state index in [0.29, 0.717) is 23.2 Å². The van der Waals surface area contributed by atoms with Crippen LogP contribution in [-0.2, 0) is 11.8 Å². The Bertz CT molecular complexity index is 1830. The number of ether oxygens (including phenoxy) is 1. The molecule has 2 fully saturated rings. The number of likely N-dealkylation sites (tertiary alicyclic amines) is 1. The second-order valence-electron chi connectivity index (χ2n) is 11.0. The fraction of sp³-hybridized carbons (Fsp3) is 0.387. The second kappa shape index (κ2) is 9.91. The molecular formula is C31H34N6O3. The van der Waals surface area contributed by atoms with E-state index in [9.17, 15) is 9.59 Å². The molecule has 0 aliphatic carbocycles. The summed E-state index contributed by atoms with van der Waals surface area (Å²) in [7, 11) is 3.64. The highest BCUT2D eigenvalue weighted by atomic mass is 16.5. The number of rotatable bonds is 6. The zero-order chi connectivity index (χ0) is 27.4. The molecule has 40 heavy (non-hydrogen) atoms. The molecule has 3 aromatic heterocycles. The Hall–Kier alpha value is -3.95. The molecule has 9 nitrogen and oxygen atoms in total. The third-order valence-corrected chi connectivity index (χ3v) is 8.65. The second-order valence-corrected chi connectivity index (χ2v) is 11.0. The Labute approximate surface area is 231 Å². The van der Waals surface area contributed by atoms with Gasteiger partial charge in [0, 0.05) is 33.8 Å². The van der Waals surface area contributed by atoms with Crippen LogP contribution in [0.15, 0.2) is 53.3 Å². The van der Waals surface area contributed by atoms with Crippen molar-refractivity contribution in [2.75, 3.05) is 44.7 Å². The van der Waals surface area contributed by atoms with Crippen molar-refractivity contribution >= 4 is 50.2 Å². The molecule has 2 aliphatic rings. The number of imidazole rings is 1. The molecule has 5 aromatic rings. The smallest absolute Gasteiger partial charge is 0.259 e. The molecule has 7 rings (SSSR count). The number of carbonyl (C=O) groups excluding carboxylic acids is 1. The fourth-order valence-corrected chi connectivity index (χ4v) is 6.59. The number of nitrogens with zero attached hydrogens (tertiary/aromatic N) is 5. The molecule has 0 saturated carbocycles. The van der Waals surface area contributed by atoms with Crippen molar-refractivity contribution in [3.8, 4) is 0 Å². The standard InChI is InChI=1S/C31H34N6O3/c1-34-23-18-20-8-3-4-9-21(20)19-24(23)37-29-22(11-12-25(33-29)36-16-7-10-26(36)40-2)28(38)27(31(34)37)30(39)32-13-17-35-14-5-6-15-35/h3-4,8-9,11-12,18-19,26H,5-7,10,13-17H2,1-2H3,(H,32,39). The minimum Gasteiger partial charge on any atom is -0.362 e. The number of carbonyl (C=O) groups is 1. The molecule has 2 saturated heterocycles. The Morgan fingerprint density at radius 2 is 1.77 bits per heavy atom. The molecule has 0 spiro atoms. The molecule has 0 radical (unpaired) electrons. The van der Waals surface area contributed by atoms with Gasteiger partial charge in [-0.3, -0.25) is 14.0 Å². The summed E-state index contributed by atoms with van der Waals surface area (Å²) in [5, 5.41) is 5.66. The lowest BCUT2D eigenvalue weighted by molar-refractivity contribution is 0.0950. The summed E-state index contributed by atoms with van der Waals surface area (Å²) in [6, 6.07) is 16.1. The normalized spacial score (nSPS) is 18.1. The fourth-order valence-electron chi connectivity index (χ4n) is 6.59. The zero-order valence-corrected chi connectivity index (χ0v) is 23.0. The van der Waals surface area contributed by atoms with Crippen LogP contribution in [0.25, 0.3) is 38.5 Å². The maximum Gasteiger partial charge on any atom is 0.259 e. The number of methoxy groups -OCH3 is 1. The van der Waals surface area contributed by atoms with Gasteiger partial charge in [0.05, 0.1) is 16.4 Å². The average molecular weight is 539 g/mol. The molecule has 1 amide bonds. The largest absolute Gasteiger partial charge is 0.362 e. The van der Waals surface area contributed by atoms with Gasteiger partial charge in [-0.05, 0) is 73.8 Å². The summed E-state index contributed by atoms with van der Waals surface area (Å²) in [5.74, 6) is 0.424. The molecule has 2 aliphatic heterocycles. The summed E-state index contributed by atoms with van der Waals surface area (Å²) < 4.78 is 9.66. The number of amides is 1. The van der Waals surface area contributed by atoms with Crippen LogP contribution in [-0.4, -0.2) is 70.8 Å². The lowest BCUT2D eigenvalue weighted by Gasteiger charge is -2.24. The van der Waals surface area contributed by atoms with Crippen LogP contribution < -0.4 is 15.6 Å². The van der Waals surface area contributed by atoms with E-state index in [1.165, 1.54) is 12.8 Å². The molecular weight excluding hydrogens is 504 g/mol. The van der Waals surface area contributed by atoms with E-state index in [4.69, 9.17) is 9.72 Å². The monoisotopic (exact) mass is 538 g/mol. The van der Waals surface area contributed by atoms with Crippen molar-refractivity contribution in [2.45, 2.75) is 31.9 Å². The molecule has 5 heterocycles. The van der Waals surface area contributed by atoms with Gasteiger partial charge in [-0.1, -0.05) is 24.3 Å². The number of pyridine rings is 2. The lowest BCUT2D eigenvalue weighted by atomic mass is 10.1. The zero-order valence-electron chi connectivity index (χ0n) is 23.0. The molecule has 2 aromatic carbocycles. The molecule has 1 atom stereocenters.